The zero-order chi connectivity index (χ0) is 14.6. The minimum absolute atomic E-state index is 0.688. The van der Waals surface area contributed by atoms with Gasteiger partial charge < -0.3 is 9.80 Å². The number of fused-ring (bicyclic) bond motifs is 3. The van der Waals surface area contributed by atoms with E-state index in [1.54, 1.807) is 11.3 Å². The topological polar surface area (TPSA) is 49.6 Å². The highest BCUT2D eigenvalue weighted by Gasteiger charge is 2.22. The number of halogens is 1. The van der Waals surface area contributed by atoms with Gasteiger partial charge in [0.1, 0.15) is 11.3 Å². The Bertz CT molecular complexity index is 817. The van der Waals surface area contributed by atoms with Crippen molar-refractivity contribution in [2.45, 2.75) is 6.92 Å². The van der Waals surface area contributed by atoms with Gasteiger partial charge in [0.25, 0.3) is 0 Å². The van der Waals surface area contributed by atoms with Crippen molar-refractivity contribution in [1.82, 2.24) is 24.5 Å². The van der Waals surface area contributed by atoms with E-state index in [1.165, 1.54) is 0 Å². The molecule has 3 aromatic rings. The summed E-state index contributed by atoms with van der Waals surface area (Å²) in [4.78, 5) is 13.9. The van der Waals surface area contributed by atoms with Gasteiger partial charge in [0.15, 0.2) is 5.65 Å². The Kier molecular flexibility index (Phi) is 3.02. The number of likely N-dealkylation sites (N-methyl/N-ethyl adjacent to an activating group) is 1. The van der Waals surface area contributed by atoms with Crippen molar-refractivity contribution in [3.63, 3.8) is 0 Å². The van der Waals surface area contributed by atoms with Crippen molar-refractivity contribution < 1.29 is 0 Å². The van der Waals surface area contributed by atoms with E-state index in [4.69, 9.17) is 16.6 Å². The summed E-state index contributed by atoms with van der Waals surface area (Å²) in [7, 11) is 2.14. The molecule has 1 aliphatic heterocycles. The van der Waals surface area contributed by atoms with Crippen molar-refractivity contribution in [2.24, 2.45) is 0 Å². The van der Waals surface area contributed by atoms with Gasteiger partial charge in [-0.25, -0.2) is 9.97 Å². The second-order valence-electron chi connectivity index (χ2n) is 5.36. The molecule has 1 aliphatic rings. The van der Waals surface area contributed by atoms with Crippen molar-refractivity contribution in [2.75, 3.05) is 38.1 Å². The smallest absolute Gasteiger partial charge is 0.229 e. The van der Waals surface area contributed by atoms with E-state index in [9.17, 15) is 0 Å². The molecule has 0 amide bonds. The van der Waals surface area contributed by atoms with Gasteiger partial charge in [-0.15, -0.1) is 16.4 Å². The molecule has 4 rings (SSSR count). The average Bonchev–Trinajstić information content (AvgIpc) is 3.02. The van der Waals surface area contributed by atoms with Crippen LogP contribution in [-0.4, -0.2) is 57.7 Å². The van der Waals surface area contributed by atoms with Gasteiger partial charge in [-0.3, -0.25) is 0 Å². The fourth-order valence-electron chi connectivity index (χ4n) is 2.65. The monoisotopic (exact) mass is 322 g/mol. The predicted octanol–water partition coefficient (Wildman–Crippen LogP) is 2.05. The largest absolute Gasteiger partial charge is 0.338 e. The van der Waals surface area contributed by atoms with E-state index in [0.717, 1.165) is 53.8 Å². The highest BCUT2D eigenvalue weighted by atomic mass is 35.5. The first kappa shape index (κ1) is 13.2. The van der Waals surface area contributed by atoms with Gasteiger partial charge in [0.2, 0.25) is 5.95 Å². The molecule has 4 heterocycles. The highest BCUT2D eigenvalue weighted by molar-refractivity contribution is 7.18. The maximum Gasteiger partial charge on any atom is 0.229 e. The number of piperazine rings is 1. The Morgan fingerprint density at radius 1 is 1.19 bits per heavy atom. The Hall–Kier alpha value is -1.44. The van der Waals surface area contributed by atoms with E-state index in [1.807, 2.05) is 16.8 Å². The van der Waals surface area contributed by atoms with Crippen molar-refractivity contribution >= 4 is 44.7 Å². The van der Waals surface area contributed by atoms with Crippen LogP contribution in [0.2, 0.25) is 5.02 Å². The third-order valence-electron chi connectivity index (χ3n) is 3.83. The summed E-state index contributed by atoms with van der Waals surface area (Å²) in [6, 6.07) is 0. The number of thiophene rings is 1. The third kappa shape index (κ3) is 2.07. The van der Waals surface area contributed by atoms with Crippen LogP contribution in [0.1, 0.15) is 5.82 Å². The fourth-order valence-corrected chi connectivity index (χ4v) is 3.82. The number of hydrogen-bond acceptors (Lipinski definition) is 6. The van der Waals surface area contributed by atoms with Crippen molar-refractivity contribution in [1.29, 1.82) is 0 Å². The molecule has 21 heavy (non-hydrogen) atoms. The summed E-state index contributed by atoms with van der Waals surface area (Å²) >= 11 is 7.85. The summed E-state index contributed by atoms with van der Waals surface area (Å²) in [5, 5.41) is 7.12. The minimum atomic E-state index is 0.688. The van der Waals surface area contributed by atoms with Crippen LogP contribution in [0, 0.1) is 6.92 Å². The number of anilines is 1. The number of hydrogen-bond donors (Lipinski definition) is 0. The first-order chi connectivity index (χ1) is 10.1. The van der Waals surface area contributed by atoms with Gasteiger partial charge in [-0.2, -0.15) is 4.52 Å². The summed E-state index contributed by atoms with van der Waals surface area (Å²) in [5.74, 6) is 1.59. The molecule has 0 aromatic carbocycles. The van der Waals surface area contributed by atoms with Crippen LogP contribution in [0.4, 0.5) is 5.95 Å². The van der Waals surface area contributed by atoms with Gasteiger partial charge in [-0.05, 0) is 14.0 Å². The van der Waals surface area contributed by atoms with Gasteiger partial charge in [0, 0.05) is 31.6 Å². The molecule has 8 heteroatoms. The first-order valence-corrected chi connectivity index (χ1v) is 8.13. The molecule has 0 aliphatic carbocycles. The minimum Gasteiger partial charge on any atom is -0.338 e. The van der Waals surface area contributed by atoms with Crippen LogP contribution < -0.4 is 4.90 Å². The molecule has 110 valence electrons. The van der Waals surface area contributed by atoms with E-state index in [2.05, 4.69) is 26.9 Å². The average molecular weight is 323 g/mol. The SMILES string of the molecule is Cc1nc2c3scc(Cl)c3nc(N3CCN(C)CC3)n2n1. The number of nitrogens with zero attached hydrogens (tertiary/aromatic N) is 6. The molecule has 1 fully saturated rings. The Morgan fingerprint density at radius 2 is 1.95 bits per heavy atom. The summed E-state index contributed by atoms with van der Waals surface area (Å²) in [6.45, 7) is 5.82. The molecule has 0 radical (unpaired) electrons. The van der Waals surface area contributed by atoms with Crippen LogP contribution in [0.25, 0.3) is 15.9 Å². The second-order valence-corrected chi connectivity index (χ2v) is 6.64. The fraction of sp³-hybridized carbons (Fsp3) is 0.462. The zero-order valence-corrected chi connectivity index (χ0v) is 13.4. The molecular formula is C13H15ClN6S. The zero-order valence-electron chi connectivity index (χ0n) is 11.9. The van der Waals surface area contributed by atoms with E-state index in [0.29, 0.717) is 5.02 Å². The third-order valence-corrected chi connectivity index (χ3v) is 5.21. The number of rotatable bonds is 1. The molecule has 0 unspecified atom stereocenters. The Balaban J connectivity index is 1.94. The molecule has 1 saturated heterocycles. The highest BCUT2D eigenvalue weighted by Crippen LogP contribution is 2.33. The van der Waals surface area contributed by atoms with Crippen LogP contribution in [0.3, 0.4) is 0 Å². The summed E-state index contributed by atoms with van der Waals surface area (Å²) in [6.07, 6.45) is 0. The lowest BCUT2D eigenvalue weighted by Gasteiger charge is -2.32. The lowest BCUT2D eigenvalue weighted by molar-refractivity contribution is 0.310. The Morgan fingerprint density at radius 3 is 2.71 bits per heavy atom. The van der Waals surface area contributed by atoms with E-state index < -0.39 is 0 Å². The summed E-state index contributed by atoms with van der Waals surface area (Å²) < 4.78 is 2.86. The lowest BCUT2D eigenvalue weighted by Crippen LogP contribution is -2.45. The van der Waals surface area contributed by atoms with Crippen LogP contribution in [0.5, 0.6) is 0 Å². The maximum absolute atomic E-state index is 6.28. The maximum atomic E-state index is 6.28. The first-order valence-electron chi connectivity index (χ1n) is 6.87. The molecule has 6 nitrogen and oxygen atoms in total. The van der Waals surface area contributed by atoms with Crippen LogP contribution >= 0.6 is 22.9 Å². The molecule has 0 N–H and O–H groups in total. The van der Waals surface area contributed by atoms with Gasteiger partial charge in [0.05, 0.1) is 9.72 Å². The second kappa shape index (κ2) is 4.79. The molecule has 0 bridgehead atoms. The molecular weight excluding hydrogens is 308 g/mol. The van der Waals surface area contributed by atoms with Gasteiger partial charge in [-0.1, -0.05) is 11.6 Å². The Labute approximate surface area is 131 Å². The quantitative estimate of drug-likeness (QED) is 0.686. The number of aromatic nitrogens is 4. The number of aryl methyl sites for hydroxylation is 1. The predicted molar refractivity (Wildman–Crippen MR) is 85.6 cm³/mol. The molecule has 3 aromatic heterocycles. The molecule has 0 saturated carbocycles. The van der Waals surface area contributed by atoms with Crippen LogP contribution in [-0.2, 0) is 0 Å². The molecule has 0 atom stereocenters. The standard InChI is InChI=1S/C13H15ClN6S/c1-8-15-12-11-10(9(14)7-21-11)16-13(20(12)17-8)19-5-3-18(2)4-6-19/h7H,3-6H2,1-2H3. The van der Waals surface area contributed by atoms with Crippen LogP contribution in [0.15, 0.2) is 5.38 Å². The van der Waals surface area contributed by atoms with Gasteiger partial charge >= 0.3 is 0 Å². The molecule has 0 spiro atoms. The van der Waals surface area contributed by atoms with E-state index >= 15 is 0 Å². The lowest BCUT2D eigenvalue weighted by atomic mass is 10.3. The van der Waals surface area contributed by atoms with E-state index in [-0.39, 0.29) is 0 Å². The van der Waals surface area contributed by atoms with Crippen molar-refractivity contribution in [3.8, 4) is 0 Å². The summed E-state index contributed by atoms with van der Waals surface area (Å²) in [5.41, 5.74) is 1.68. The van der Waals surface area contributed by atoms with Crippen molar-refractivity contribution in [3.05, 3.63) is 16.2 Å². The normalized spacial score (nSPS) is 17.2.